The van der Waals surface area contributed by atoms with Crippen molar-refractivity contribution >= 4 is 21.7 Å². The second-order valence-electron chi connectivity index (χ2n) is 7.14. The highest BCUT2D eigenvalue weighted by molar-refractivity contribution is 7.92. The number of nitrogens with one attached hydrogen (secondary N) is 2. The Morgan fingerprint density at radius 3 is 2.59 bits per heavy atom. The molecule has 8 nitrogen and oxygen atoms in total. The number of aryl methyl sites for hydroxylation is 1. The Balaban J connectivity index is 0.000000534. The number of rotatable bonds is 9. The van der Waals surface area contributed by atoms with Crippen LogP contribution in [0.5, 0.6) is 5.75 Å². The average Bonchev–Trinajstić information content (AvgIpc) is 2.77. The Kier molecular flexibility index (Phi) is 10.2. The summed E-state index contributed by atoms with van der Waals surface area (Å²) in [6, 6.07) is 13.7. The molecule has 9 heteroatoms. The number of sulfonamides is 1. The third kappa shape index (κ3) is 8.33. The van der Waals surface area contributed by atoms with Crippen molar-refractivity contribution in [2.75, 3.05) is 24.4 Å². The van der Waals surface area contributed by atoms with Gasteiger partial charge in [-0.05, 0) is 56.5 Å². The summed E-state index contributed by atoms with van der Waals surface area (Å²) in [4.78, 5) is 9.74. The molecule has 0 fully saturated rings. The number of allylic oxidation sites excluding steroid dienone is 1. The van der Waals surface area contributed by atoms with E-state index in [1.54, 1.807) is 49.4 Å². The maximum atomic E-state index is 12.5. The normalized spacial score (nSPS) is 15.2. The number of carbonyl (C=O) groups is 1. The lowest BCUT2D eigenvalue weighted by Gasteiger charge is -2.27. The van der Waals surface area contributed by atoms with Gasteiger partial charge in [0.15, 0.2) is 0 Å². The minimum absolute atomic E-state index is 0.0437. The summed E-state index contributed by atoms with van der Waals surface area (Å²) in [6.07, 6.45) is 5.13. The Bertz CT molecular complexity index is 993. The Hall–Kier alpha value is -2.88. The van der Waals surface area contributed by atoms with Crippen molar-refractivity contribution in [3.63, 3.8) is 0 Å². The fourth-order valence-electron chi connectivity index (χ4n) is 3.06. The minimum atomic E-state index is -3.62. The molecule has 1 aliphatic rings. The molecule has 1 aliphatic heterocycles. The molecule has 0 radical (unpaired) electrons. The van der Waals surface area contributed by atoms with Crippen molar-refractivity contribution in [2.24, 2.45) is 0 Å². The first-order valence-corrected chi connectivity index (χ1v) is 11.9. The van der Waals surface area contributed by atoms with Crippen LogP contribution in [-0.2, 0) is 21.2 Å². The highest BCUT2D eigenvalue weighted by Gasteiger charge is 2.21. The molecule has 174 valence electrons. The lowest BCUT2D eigenvalue weighted by molar-refractivity contribution is -0.131. The van der Waals surface area contributed by atoms with Crippen LogP contribution in [-0.4, -0.2) is 50.4 Å². The molecule has 1 heterocycles. The number of hydrogen-bond acceptors (Lipinski definition) is 6. The number of aliphatic hydroxyl groups is 1. The van der Waals surface area contributed by atoms with E-state index in [-0.39, 0.29) is 17.6 Å². The van der Waals surface area contributed by atoms with Crippen molar-refractivity contribution in [1.29, 1.82) is 0 Å². The zero-order valence-electron chi connectivity index (χ0n) is 18.0. The van der Waals surface area contributed by atoms with Gasteiger partial charge in [0.2, 0.25) is 0 Å². The van der Waals surface area contributed by atoms with Gasteiger partial charge in [0.25, 0.3) is 10.0 Å². The predicted molar refractivity (Wildman–Crippen MR) is 123 cm³/mol. The summed E-state index contributed by atoms with van der Waals surface area (Å²) in [6.45, 7) is 3.29. The second-order valence-corrected chi connectivity index (χ2v) is 8.82. The van der Waals surface area contributed by atoms with Crippen LogP contribution in [0, 0.1) is 0 Å². The van der Waals surface area contributed by atoms with Crippen LogP contribution in [0.25, 0.3) is 0 Å². The molecule has 0 saturated carbocycles. The van der Waals surface area contributed by atoms with E-state index in [1.165, 1.54) is 6.08 Å². The highest BCUT2D eigenvalue weighted by atomic mass is 32.2. The van der Waals surface area contributed by atoms with Crippen LogP contribution < -0.4 is 14.8 Å². The van der Waals surface area contributed by atoms with E-state index in [1.807, 2.05) is 6.07 Å². The predicted octanol–water partition coefficient (Wildman–Crippen LogP) is 2.80. The Morgan fingerprint density at radius 1 is 1.22 bits per heavy atom. The van der Waals surface area contributed by atoms with Crippen LogP contribution in [0.15, 0.2) is 65.6 Å². The standard InChI is InChI=1S/C19H24N2O4S.C4H6O2/c22-12-4-11-20-14-17-10-8-15-7-9-16(13-19(15)25-17)21-26(23,24)18-5-2-1-3-6-18;1-2-3-4(5)6/h1-3,5-7,9,13,17,20-22H,4,8,10-12,14H2;2-3H,1H3,(H,5,6)/b;3-2+. The first-order chi connectivity index (χ1) is 15.4. The van der Waals surface area contributed by atoms with Crippen LogP contribution in [0.3, 0.4) is 0 Å². The van der Waals surface area contributed by atoms with Gasteiger partial charge in [-0.2, -0.15) is 0 Å². The summed E-state index contributed by atoms with van der Waals surface area (Å²) < 4.78 is 33.5. The number of aliphatic carboxylic acids is 1. The van der Waals surface area contributed by atoms with E-state index in [0.717, 1.165) is 36.8 Å². The van der Waals surface area contributed by atoms with Crippen molar-refractivity contribution < 1.29 is 28.2 Å². The minimum Gasteiger partial charge on any atom is -0.489 e. The maximum Gasteiger partial charge on any atom is 0.327 e. The fourth-order valence-corrected chi connectivity index (χ4v) is 4.13. The summed E-state index contributed by atoms with van der Waals surface area (Å²) >= 11 is 0. The molecule has 0 bridgehead atoms. The van der Waals surface area contributed by atoms with E-state index >= 15 is 0 Å². The molecule has 1 unspecified atom stereocenters. The number of benzene rings is 2. The molecule has 0 aromatic heterocycles. The maximum absolute atomic E-state index is 12.5. The number of anilines is 1. The van der Waals surface area contributed by atoms with Gasteiger partial charge < -0.3 is 20.3 Å². The molecule has 0 spiro atoms. The smallest absolute Gasteiger partial charge is 0.327 e. The number of carboxylic acids is 1. The molecule has 4 N–H and O–H groups in total. The zero-order chi connectivity index (χ0) is 23.4. The van der Waals surface area contributed by atoms with Gasteiger partial charge in [-0.3, -0.25) is 4.72 Å². The van der Waals surface area contributed by atoms with Crippen molar-refractivity contribution in [3.05, 3.63) is 66.2 Å². The monoisotopic (exact) mass is 462 g/mol. The molecule has 32 heavy (non-hydrogen) atoms. The summed E-state index contributed by atoms with van der Waals surface area (Å²) in [5.74, 6) is -0.170. The number of ether oxygens (including phenoxy) is 1. The van der Waals surface area contributed by atoms with Crippen LogP contribution in [0.1, 0.15) is 25.3 Å². The first kappa shape index (κ1) is 25.4. The lowest BCUT2D eigenvalue weighted by Crippen LogP contribution is -2.34. The Morgan fingerprint density at radius 2 is 1.97 bits per heavy atom. The van der Waals surface area contributed by atoms with E-state index in [0.29, 0.717) is 18.7 Å². The molecular weight excluding hydrogens is 432 g/mol. The SMILES string of the molecule is C/C=C/C(=O)O.O=S(=O)(Nc1ccc2c(c1)OC(CNCCCO)CC2)c1ccccc1. The molecule has 1 atom stereocenters. The molecule has 0 aliphatic carbocycles. The number of hydrogen-bond donors (Lipinski definition) is 4. The lowest BCUT2D eigenvalue weighted by atomic mass is 10.0. The van der Waals surface area contributed by atoms with E-state index in [9.17, 15) is 13.2 Å². The van der Waals surface area contributed by atoms with Gasteiger partial charge in [0, 0.05) is 25.3 Å². The second kappa shape index (κ2) is 12.8. The van der Waals surface area contributed by atoms with Crippen LogP contribution in [0.2, 0.25) is 0 Å². The Labute approximate surface area is 189 Å². The van der Waals surface area contributed by atoms with Crippen LogP contribution in [0.4, 0.5) is 5.69 Å². The van der Waals surface area contributed by atoms with Crippen molar-refractivity contribution in [3.8, 4) is 5.75 Å². The molecule has 3 rings (SSSR count). The van der Waals surface area contributed by atoms with Gasteiger partial charge in [0.1, 0.15) is 11.9 Å². The fraction of sp³-hybridized carbons (Fsp3) is 0.348. The topological polar surface area (TPSA) is 125 Å². The molecule has 0 saturated heterocycles. The van der Waals surface area contributed by atoms with Gasteiger partial charge in [-0.1, -0.05) is 30.3 Å². The number of carboxylic acid groups (broad SMARTS) is 1. The van der Waals surface area contributed by atoms with Gasteiger partial charge in [-0.25, -0.2) is 13.2 Å². The van der Waals surface area contributed by atoms with Gasteiger partial charge in [0.05, 0.1) is 10.6 Å². The van der Waals surface area contributed by atoms with Crippen molar-refractivity contribution in [1.82, 2.24) is 5.32 Å². The summed E-state index contributed by atoms with van der Waals surface area (Å²) in [5.41, 5.74) is 1.57. The van der Waals surface area contributed by atoms with E-state index < -0.39 is 16.0 Å². The highest BCUT2D eigenvalue weighted by Crippen LogP contribution is 2.31. The first-order valence-electron chi connectivity index (χ1n) is 10.4. The quantitative estimate of drug-likeness (QED) is 0.334. The third-order valence-electron chi connectivity index (χ3n) is 4.60. The summed E-state index contributed by atoms with van der Waals surface area (Å²) in [7, 11) is -3.62. The van der Waals surface area contributed by atoms with Crippen molar-refractivity contribution in [2.45, 2.75) is 37.2 Å². The molecule has 2 aromatic rings. The average molecular weight is 463 g/mol. The van der Waals surface area contributed by atoms with Gasteiger partial charge in [-0.15, -0.1) is 0 Å². The summed E-state index contributed by atoms with van der Waals surface area (Å²) in [5, 5.41) is 19.9. The third-order valence-corrected chi connectivity index (χ3v) is 5.99. The number of aliphatic hydroxyl groups excluding tert-OH is 1. The van der Waals surface area contributed by atoms with Gasteiger partial charge >= 0.3 is 5.97 Å². The van der Waals surface area contributed by atoms with E-state index in [4.69, 9.17) is 14.9 Å². The molecular formula is C23H30N2O6S. The largest absolute Gasteiger partial charge is 0.489 e. The van der Waals surface area contributed by atoms with E-state index in [2.05, 4.69) is 10.0 Å². The molecule has 2 aromatic carbocycles. The molecule has 0 amide bonds. The zero-order valence-corrected chi connectivity index (χ0v) is 18.8. The van der Waals surface area contributed by atoms with Crippen LogP contribution >= 0.6 is 0 Å². The number of fused-ring (bicyclic) bond motifs is 1.